The molecule has 1 fully saturated rings. The Kier molecular flexibility index (Phi) is 5.87. The zero-order valence-corrected chi connectivity index (χ0v) is 16.7. The van der Waals surface area contributed by atoms with E-state index in [0.29, 0.717) is 23.7 Å². The van der Waals surface area contributed by atoms with E-state index < -0.39 is 5.92 Å². The zero-order chi connectivity index (χ0) is 20.3. The number of hydrogen-bond donors (Lipinski definition) is 1. The van der Waals surface area contributed by atoms with Gasteiger partial charge in [0.15, 0.2) is 11.5 Å². The second-order valence-corrected chi connectivity index (χ2v) is 6.90. The number of methoxy groups -OCH3 is 2. The maximum Gasteiger partial charge on any atom is 0.229 e. The Morgan fingerprint density at radius 3 is 2.61 bits per heavy atom. The Morgan fingerprint density at radius 2 is 1.93 bits per heavy atom. The first-order chi connectivity index (χ1) is 13.5. The molecule has 0 aromatic heterocycles. The van der Waals surface area contributed by atoms with Gasteiger partial charge in [0.1, 0.15) is 0 Å². The van der Waals surface area contributed by atoms with E-state index in [-0.39, 0.29) is 18.2 Å². The first-order valence-electron chi connectivity index (χ1n) is 9.40. The van der Waals surface area contributed by atoms with Crippen LogP contribution in [0.4, 0.5) is 11.4 Å². The van der Waals surface area contributed by atoms with Crippen LogP contribution in [0.3, 0.4) is 0 Å². The number of amides is 2. The minimum absolute atomic E-state index is 0.0172. The van der Waals surface area contributed by atoms with Crippen LogP contribution in [-0.2, 0) is 16.0 Å². The fourth-order valence-corrected chi connectivity index (χ4v) is 3.65. The highest BCUT2D eigenvalue weighted by molar-refractivity contribution is 6.04. The number of anilines is 2. The fraction of sp³-hybridized carbons (Fsp3) is 0.364. The average Bonchev–Trinajstić information content (AvgIpc) is 3.08. The molecule has 2 aromatic rings. The standard InChI is InChI=1S/C22H26N2O4/c1-5-15-8-6-7-14(2)21(15)24-13-16(11-20(24)25)22(26)23-17-9-10-18(27-3)19(12-17)28-4/h6-10,12,16H,5,11,13H2,1-4H3,(H,23,26). The number of carbonyl (C=O) groups is 2. The van der Waals surface area contributed by atoms with Crippen molar-refractivity contribution in [3.63, 3.8) is 0 Å². The third-order valence-corrected chi connectivity index (χ3v) is 5.12. The number of hydrogen-bond acceptors (Lipinski definition) is 4. The average molecular weight is 382 g/mol. The van der Waals surface area contributed by atoms with Crippen LogP contribution in [0, 0.1) is 12.8 Å². The Hall–Kier alpha value is -3.02. The number of nitrogens with one attached hydrogen (secondary N) is 1. The van der Waals surface area contributed by atoms with Crippen molar-refractivity contribution in [2.75, 3.05) is 31.0 Å². The number of ether oxygens (including phenoxy) is 2. The summed E-state index contributed by atoms with van der Waals surface area (Å²) in [5.74, 6) is 0.544. The summed E-state index contributed by atoms with van der Waals surface area (Å²) < 4.78 is 10.5. The predicted molar refractivity (Wildman–Crippen MR) is 109 cm³/mol. The molecular weight excluding hydrogens is 356 g/mol. The van der Waals surface area contributed by atoms with Gasteiger partial charge in [-0.05, 0) is 36.6 Å². The predicted octanol–water partition coefficient (Wildman–Crippen LogP) is 3.57. The SMILES string of the molecule is CCc1cccc(C)c1N1CC(C(=O)Nc2ccc(OC)c(OC)c2)CC1=O. The van der Waals surface area contributed by atoms with Crippen LogP contribution in [0.2, 0.25) is 0 Å². The molecule has 1 aliphatic heterocycles. The van der Waals surface area contributed by atoms with Gasteiger partial charge >= 0.3 is 0 Å². The zero-order valence-electron chi connectivity index (χ0n) is 16.7. The van der Waals surface area contributed by atoms with E-state index in [1.807, 2.05) is 25.1 Å². The molecule has 3 rings (SSSR count). The van der Waals surface area contributed by atoms with E-state index in [1.165, 1.54) is 0 Å². The largest absolute Gasteiger partial charge is 0.493 e. The van der Waals surface area contributed by atoms with Crippen LogP contribution in [0.15, 0.2) is 36.4 Å². The van der Waals surface area contributed by atoms with Crippen molar-refractivity contribution >= 4 is 23.2 Å². The summed E-state index contributed by atoms with van der Waals surface area (Å²) in [5, 5.41) is 2.89. The molecule has 2 aromatic carbocycles. The van der Waals surface area contributed by atoms with E-state index in [0.717, 1.165) is 23.2 Å². The van der Waals surface area contributed by atoms with Crippen LogP contribution >= 0.6 is 0 Å². The normalized spacial score (nSPS) is 16.2. The first kappa shape index (κ1) is 19.7. The number of nitrogens with zero attached hydrogens (tertiary/aromatic N) is 1. The first-order valence-corrected chi connectivity index (χ1v) is 9.40. The molecule has 1 atom stereocenters. The van der Waals surface area contributed by atoms with Crippen molar-refractivity contribution in [1.29, 1.82) is 0 Å². The van der Waals surface area contributed by atoms with Crippen molar-refractivity contribution in [3.8, 4) is 11.5 Å². The number of rotatable bonds is 6. The molecule has 1 saturated heterocycles. The van der Waals surface area contributed by atoms with Crippen molar-refractivity contribution in [3.05, 3.63) is 47.5 Å². The van der Waals surface area contributed by atoms with Crippen molar-refractivity contribution < 1.29 is 19.1 Å². The van der Waals surface area contributed by atoms with Gasteiger partial charge in [0, 0.05) is 30.4 Å². The molecule has 0 bridgehead atoms. The van der Waals surface area contributed by atoms with Crippen LogP contribution < -0.4 is 19.7 Å². The van der Waals surface area contributed by atoms with Gasteiger partial charge in [-0.25, -0.2) is 0 Å². The highest BCUT2D eigenvalue weighted by Crippen LogP contribution is 2.33. The lowest BCUT2D eigenvalue weighted by molar-refractivity contribution is -0.122. The van der Waals surface area contributed by atoms with E-state index in [4.69, 9.17) is 9.47 Å². The Bertz CT molecular complexity index is 894. The summed E-state index contributed by atoms with van der Waals surface area (Å²) in [6.07, 6.45) is 1.04. The molecule has 6 nitrogen and oxygen atoms in total. The molecule has 1 unspecified atom stereocenters. The van der Waals surface area contributed by atoms with Crippen LogP contribution in [-0.4, -0.2) is 32.6 Å². The quantitative estimate of drug-likeness (QED) is 0.829. The second kappa shape index (κ2) is 8.33. The lowest BCUT2D eigenvalue weighted by atomic mass is 10.0. The topological polar surface area (TPSA) is 67.9 Å². The summed E-state index contributed by atoms with van der Waals surface area (Å²) >= 11 is 0. The molecular formula is C22H26N2O4. The van der Waals surface area contributed by atoms with E-state index >= 15 is 0 Å². The van der Waals surface area contributed by atoms with Gasteiger partial charge < -0.3 is 19.7 Å². The maximum atomic E-state index is 12.8. The summed E-state index contributed by atoms with van der Waals surface area (Å²) in [5.41, 5.74) is 3.72. The number of aryl methyl sites for hydroxylation is 2. The Morgan fingerprint density at radius 1 is 1.18 bits per heavy atom. The van der Waals surface area contributed by atoms with Crippen LogP contribution in [0.1, 0.15) is 24.5 Å². The van der Waals surface area contributed by atoms with Crippen molar-refractivity contribution in [2.24, 2.45) is 5.92 Å². The molecule has 28 heavy (non-hydrogen) atoms. The summed E-state index contributed by atoms with van der Waals surface area (Å²) in [6, 6.07) is 11.2. The van der Waals surface area contributed by atoms with Crippen molar-refractivity contribution in [1.82, 2.24) is 0 Å². The van der Waals surface area contributed by atoms with Crippen LogP contribution in [0.25, 0.3) is 0 Å². The smallest absolute Gasteiger partial charge is 0.229 e. The molecule has 2 amide bonds. The maximum absolute atomic E-state index is 12.8. The lowest BCUT2D eigenvalue weighted by Crippen LogP contribution is -2.29. The molecule has 1 aliphatic rings. The van der Waals surface area contributed by atoms with Gasteiger partial charge in [-0.2, -0.15) is 0 Å². The highest BCUT2D eigenvalue weighted by atomic mass is 16.5. The van der Waals surface area contributed by atoms with Gasteiger partial charge in [-0.1, -0.05) is 25.1 Å². The minimum Gasteiger partial charge on any atom is -0.493 e. The molecule has 0 saturated carbocycles. The third-order valence-electron chi connectivity index (χ3n) is 5.12. The molecule has 6 heteroatoms. The summed E-state index contributed by atoms with van der Waals surface area (Å²) in [4.78, 5) is 27.2. The molecule has 0 spiro atoms. The summed E-state index contributed by atoms with van der Waals surface area (Å²) in [7, 11) is 3.11. The monoisotopic (exact) mass is 382 g/mol. The third kappa shape index (κ3) is 3.81. The lowest BCUT2D eigenvalue weighted by Gasteiger charge is -2.22. The number of para-hydroxylation sites is 1. The second-order valence-electron chi connectivity index (χ2n) is 6.90. The van der Waals surface area contributed by atoms with Gasteiger partial charge in [-0.15, -0.1) is 0 Å². The van der Waals surface area contributed by atoms with Crippen molar-refractivity contribution in [2.45, 2.75) is 26.7 Å². The number of benzene rings is 2. The highest BCUT2D eigenvalue weighted by Gasteiger charge is 2.36. The molecule has 1 N–H and O–H groups in total. The molecule has 0 radical (unpaired) electrons. The minimum atomic E-state index is -0.398. The summed E-state index contributed by atoms with van der Waals surface area (Å²) in [6.45, 7) is 4.45. The molecule has 148 valence electrons. The van der Waals surface area contributed by atoms with Crippen LogP contribution in [0.5, 0.6) is 11.5 Å². The van der Waals surface area contributed by atoms with E-state index in [2.05, 4.69) is 12.2 Å². The van der Waals surface area contributed by atoms with Gasteiger partial charge in [0.2, 0.25) is 11.8 Å². The van der Waals surface area contributed by atoms with Gasteiger partial charge in [-0.3, -0.25) is 9.59 Å². The Balaban J connectivity index is 1.76. The molecule has 1 heterocycles. The van der Waals surface area contributed by atoms with E-state index in [1.54, 1.807) is 37.3 Å². The van der Waals surface area contributed by atoms with Gasteiger partial charge in [0.05, 0.1) is 20.1 Å². The molecule has 0 aliphatic carbocycles. The fourth-order valence-electron chi connectivity index (χ4n) is 3.65. The van der Waals surface area contributed by atoms with E-state index in [9.17, 15) is 9.59 Å². The number of carbonyl (C=O) groups excluding carboxylic acids is 2. The van der Waals surface area contributed by atoms with Gasteiger partial charge in [0.25, 0.3) is 0 Å². The Labute approximate surface area is 165 Å².